The fourth-order valence-corrected chi connectivity index (χ4v) is 7.55. The maximum absolute atomic E-state index is 13.6. The number of pyridine rings is 1. The van der Waals surface area contributed by atoms with Crippen LogP contribution in [0.4, 0.5) is 5.69 Å². The van der Waals surface area contributed by atoms with Crippen molar-refractivity contribution in [3.8, 4) is 11.3 Å². The molecule has 2 amide bonds. The molecule has 5 unspecified atom stereocenters. The van der Waals surface area contributed by atoms with Gasteiger partial charge in [-0.3, -0.25) is 19.3 Å². The normalized spacial score (nSPS) is 22.9. The molecule has 0 N–H and O–H groups in total. The highest BCUT2D eigenvalue weighted by Crippen LogP contribution is 2.56. The number of carbonyl (C=O) groups excluding carboxylic acids is 4. The first kappa shape index (κ1) is 28.4. The third kappa shape index (κ3) is 4.53. The first-order chi connectivity index (χ1) is 21.1. The summed E-state index contributed by atoms with van der Waals surface area (Å²) in [6.07, 6.45) is 2.03. The molecule has 222 valence electrons. The van der Waals surface area contributed by atoms with Crippen molar-refractivity contribution in [1.82, 2.24) is 4.98 Å². The van der Waals surface area contributed by atoms with Crippen molar-refractivity contribution in [3.05, 3.63) is 94.0 Å². The molecule has 4 aromatic rings. The monoisotopic (exact) mass is 606 g/mol. The number of fused-ring (bicyclic) bond motifs is 6. The zero-order valence-electron chi connectivity index (χ0n) is 24.7. The van der Waals surface area contributed by atoms with Gasteiger partial charge in [0.25, 0.3) is 0 Å². The molecule has 2 saturated carbocycles. The highest BCUT2D eigenvalue weighted by atomic mass is 35.5. The van der Waals surface area contributed by atoms with Crippen molar-refractivity contribution in [2.24, 2.45) is 23.7 Å². The van der Waals surface area contributed by atoms with Crippen LogP contribution in [0, 0.1) is 37.5 Å². The van der Waals surface area contributed by atoms with Crippen molar-refractivity contribution in [1.29, 1.82) is 0 Å². The maximum atomic E-state index is 13.6. The van der Waals surface area contributed by atoms with Crippen molar-refractivity contribution in [2.75, 3.05) is 4.90 Å². The van der Waals surface area contributed by atoms with Gasteiger partial charge in [-0.05, 0) is 81.7 Å². The van der Waals surface area contributed by atoms with Crippen LogP contribution in [0.3, 0.4) is 0 Å². The molecule has 5 atom stereocenters. The molecular weight excluding hydrogens is 576 g/mol. The van der Waals surface area contributed by atoms with Crippen LogP contribution in [0.25, 0.3) is 22.2 Å². The van der Waals surface area contributed by atoms with Gasteiger partial charge in [0.2, 0.25) is 17.6 Å². The molecule has 1 aliphatic heterocycles. The third-order valence-corrected chi connectivity index (χ3v) is 10.1. The van der Waals surface area contributed by atoms with Gasteiger partial charge in [0, 0.05) is 21.5 Å². The number of anilines is 1. The Morgan fingerprint density at radius 1 is 0.909 bits per heavy atom. The lowest BCUT2D eigenvalue weighted by atomic mass is 9.81. The second-order valence-electron chi connectivity index (χ2n) is 12.3. The molecule has 44 heavy (non-hydrogen) atoms. The van der Waals surface area contributed by atoms with Crippen molar-refractivity contribution < 1.29 is 23.9 Å². The highest BCUT2D eigenvalue weighted by molar-refractivity contribution is 6.32. The molecule has 3 fully saturated rings. The summed E-state index contributed by atoms with van der Waals surface area (Å²) < 4.78 is 5.69. The summed E-state index contributed by atoms with van der Waals surface area (Å²) >= 11 is 6.44. The van der Waals surface area contributed by atoms with E-state index in [0.29, 0.717) is 55.8 Å². The minimum absolute atomic E-state index is 0.0895. The molecule has 2 bridgehead atoms. The topological polar surface area (TPSA) is 93.6 Å². The van der Waals surface area contributed by atoms with Gasteiger partial charge in [-0.25, -0.2) is 9.78 Å². The van der Waals surface area contributed by atoms with E-state index in [4.69, 9.17) is 21.3 Å². The Labute approximate surface area is 260 Å². The van der Waals surface area contributed by atoms with E-state index in [-0.39, 0.29) is 35.0 Å². The number of rotatable bonds is 6. The van der Waals surface area contributed by atoms with Crippen LogP contribution in [0.15, 0.2) is 66.7 Å². The van der Waals surface area contributed by atoms with Gasteiger partial charge in [-0.15, -0.1) is 0 Å². The van der Waals surface area contributed by atoms with Crippen LogP contribution < -0.4 is 4.90 Å². The predicted molar refractivity (Wildman–Crippen MR) is 168 cm³/mol. The Balaban J connectivity index is 1.20. The molecule has 1 aromatic heterocycles. The number of hydrogen-bond acceptors (Lipinski definition) is 6. The Hall–Kier alpha value is -4.36. The zero-order chi connectivity index (χ0) is 30.9. The van der Waals surface area contributed by atoms with E-state index in [9.17, 15) is 19.2 Å². The number of carbonyl (C=O) groups is 4. The summed E-state index contributed by atoms with van der Waals surface area (Å²) in [4.78, 5) is 59.4. The van der Waals surface area contributed by atoms with Gasteiger partial charge in [-0.2, -0.15) is 0 Å². The van der Waals surface area contributed by atoms with Crippen LogP contribution in [0.1, 0.15) is 58.0 Å². The zero-order valence-corrected chi connectivity index (χ0v) is 25.4. The second kappa shape index (κ2) is 10.7. The number of benzene rings is 3. The number of nitrogens with zero attached hydrogens (tertiary/aromatic N) is 2. The summed E-state index contributed by atoms with van der Waals surface area (Å²) in [5, 5.41) is 1.06. The Morgan fingerprint density at radius 3 is 2.18 bits per heavy atom. The molecule has 8 heteroatoms. The van der Waals surface area contributed by atoms with Gasteiger partial charge in [-0.1, -0.05) is 59.6 Å². The summed E-state index contributed by atoms with van der Waals surface area (Å²) in [6.45, 7) is 5.33. The quantitative estimate of drug-likeness (QED) is 0.132. The Kier molecular flexibility index (Phi) is 6.89. The van der Waals surface area contributed by atoms with Crippen molar-refractivity contribution in [2.45, 2.75) is 46.1 Å². The number of ether oxygens (including phenoxy) is 1. The molecule has 0 spiro atoms. The van der Waals surface area contributed by atoms with Crippen molar-refractivity contribution >= 4 is 51.8 Å². The molecule has 7 rings (SSSR count). The number of hydrogen-bond donors (Lipinski definition) is 0. The van der Waals surface area contributed by atoms with Gasteiger partial charge >= 0.3 is 5.97 Å². The fraction of sp³-hybridized carbons (Fsp3) is 0.306. The number of amides is 2. The summed E-state index contributed by atoms with van der Waals surface area (Å²) in [7, 11) is 0. The maximum Gasteiger partial charge on any atom is 0.339 e. The number of ketones is 1. The van der Waals surface area contributed by atoms with E-state index in [0.717, 1.165) is 24.8 Å². The molecule has 1 saturated heterocycles. The first-order valence-electron chi connectivity index (χ1n) is 15.0. The third-order valence-electron chi connectivity index (χ3n) is 9.73. The number of aryl methyl sites for hydroxylation is 2. The summed E-state index contributed by atoms with van der Waals surface area (Å²) in [6, 6.07) is 19.3. The van der Waals surface area contributed by atoms with E-state index in [2.05, 4.69) is 0 Å². The molecule has 2 heterocycles. The van der Waals surface area contributed by atoms with E-state index in [1.807, 2.05) is 26.0 Å². The van der Waals surface area contributed by atoms with Crippen LogP contribution in [0.2, 0.25) is 5.02 Å². The summed E-state index contributed by atoms with van der Waals surface area (Å²) in [5.41, 5.74) is 4.71. The summed E-state index contributed by atoms with van der Waals surface area (Å²) in [5.74, 6) is -0.878. The van der Waals surface area contributed by atoms with Crippen LogP contribution in [0.5, 0.6) is 0 Å². The number of Topliss-reactive ketones (excluding diaryl/α,β-unsaturated/α-hetero) is 1. The minimum Gasteiger partial charge on any atom is -0.451 e. The largest absolute Gasteiger partial charge is 0.451 e. The first-order valence-corrected chi connectivity index (χ1v) is 15.4. The average Bonchev–Trinajstić information content (AvgIpc) is 3.72. The SMILES string of the molecule is Cc1ccc(C(=O)C(C)OC(=O)c2cc(-c3ccc(N4C(=O)C5C6CCC(C6)C5C4=O)cc3)nc3c(C)c(Cl)ccc23)cc1. The van der Waals surface area contributed by atoms with E-state index >= 15 is 0 Å². The predicted octanol–water partition coefficient (Wildman–Crippen LogP) is 7.14. The van der Waals surface area contributed by atoms with Crippen molar-refractivity contribution in [3.63, 3.8) is 0 Å². The lowest BCUT2D eigenvalue weighted by Gasteiger charge is -2.19. The average molecular weight is 607 g/mol. The van der Waals surface area contributed by atoms with Crippen LogP contribution in [-0.4, -0.2) is 34.7 Å². The van der Waals surface area contributed by atoms with Crippen LogP contribution >= 0.6 is 11.6 Å². The molecule has 7 nitrogen and oxygen atoms in total. The molecule has 2 aliphatic carbocycles. The number of halogens is 1. The van der Waals surface area contributed by atoms with Crippen LogP contribution in [-0.2, 0) is 14.3 Å². The second-order valence-corrected chi connectivity index (χ2v) is 12.8. The smallest absolute Gasteiger partial charge is 0.339 e. The lowest BCUT2D eigenvalue weighted by Crippen LogP contribution is -2.32. The molecule has 3 aliphatic rings. The molecule has 0 radical (unpaired) electrons. The van der Waals surface area contributed by atoms with E-state index < -0.39 is 12.1 Å². The Morgan fingerprint density at radius 2 is 1.55 bits per heavy atom. The minimum atomic E-state index is -1.00. The molecule has 3 aromatic carbocycles. The number of aromatic nitrogens is 1. The Bertz CT molecular complexity index is 1840. The van der Waals surface area contributed by atoms with E-state index in [1.165, 1.54) is 4.90 Å². The van der Waals surface area contributed by atoms with E-state index in [1.54, 1.807) is 61.5 Å². The number of imide groups is 1. The highest BCUT2D eigenvalue weighted by Gasteiger charge is 2.61. The lowest BCUT2D eigenvalue weighted by molar-refractivity contribution is -0.123. The van der Waals surface area contributed by atoms with Gasteiger partial charge in [0.05, 0.1) is 34.3 Å². The molecular formula is C36H31ClN2O5. The van der Waals surface area contributed by atoms with Gasteiger partial charge < -0.3 is 4.74 Å². The fourth-order valence-electron chi connectivity index (χ4n) is 7.40. The van der Waals surface area contributed by atoms with Gasteiger partial charge in [0.1, 0.15) is 0 Å². The standard InChI is InChI=1S/C36H31ClN2O5/c1-18-4-6-22(7-5-18)33(40)20(3)44-36(43)27-17-29(38-32-19(2)28(37)15-14-26(27)32)21-10-12-25(13-11-21)39-34(41)30-23-8-9-24(16-23)31(30)35(39)42/h4-7,10-15,17,20,23-24,30-31H,8-9,16H2,1-3H3. The van der Waals surface area contributed by atoms with Gasteiger partial charge in [0.15, 0.2) is 6.10 Å². The number of esters is 1.